The molecule has 0 aliphatic rings. The van der Waals surface area contributed by atoms with Gasteiger partial charge < -0.3 is 20.1 Å². The molecule has 0 aliphatic heterocycles. The largest absolute Gasteiger partial charge is 0.501 e. The number of allylic oxidation sites excluding steroid dienone is 1. The molecule has 0 aromatic heterocycles. The second kappa shape index (κ2) is 11.1. The summed E-state index contributed by atoms with van der Waals surface area (Å²) in [7, 11) is 1.49. The molecule has 0 radical (unpaired) electrons. The molecule has 0 saturated heterocycles. The van der Waals surface area contributed by atoms with Gasteiger partial charge in [0.2, 0.25) is 0 Å². The molecule has 0 bridgehead atoms. The third-order valence-electron chi connectivity index (χ3n) is 3.27. The molecular weight excluding hydrogens is 308 g/mol. The number of unbranched alkanes of at least 4 members (excludes halogenated alkanes) is 3. The summed E-state index contributed by atoms with van der Waals surface area (Å²) in [6.45, 7) is 4.42. The van der Waals surface area contributed by atoms with Crippen LogP contribution in [-0.2, 0) is 9.53 Å². The van der Waals surface area contributed by atoms with Crippen molar-refractivity contribution in [3.8, 4) is 5.75 Å². The first-order chi connectivity index (χ1) is 11.5. The van der Waals surface area contributed by atoms with Crippen molar-refractivity contribution in [2.24, 2.45) is 0 Å². The number of amides is 2. The van der Waals surface area contributed by atoms with Crippen LogP contribution < -0.4 is 15.4 Å². The van der Waals surface area contributed by atoms with Gasteiger partial charge in [-0.1, -0.05) is 32.3 Å². The van der Waals surface area contributed by atoms with Crippen LogP contribution in [0.3, 0.4) is 0 Å². The monoisotopic (exact) mass is 334 g/mol. The molecule has 0 saturated carbocycles. The maximum Gasteiger partial charge on any atom is 0.412 e. The summed E-state index contributed by atoms with van der Waals surface area (Å²) < 4.78 is 10.1. The van der Waals surface area contributed by atoms with E-state index in [2.05, 4.69) is 17.6 Å². The molecule has 1 aromatic carbocycles. The second-order valence-electron chi connectivity index (χ2n) is 5.35. The molecule has 0 fully saturated rings. The smallest absolute Gasteiger partial charge is 0.412 e. The van der Waals surface area contributed by atoms with Gasteiger partial charge in [0.1, 0.15) is 5.75 Å². The molecule has 6 heteroatoms. The predicted molar refractivity (Wildman–Crippen MR) is 94.0 cm³/mol. The highest BCUT2D eigenvalue weighted by molar-refractivity contribution is 5.99. The van der Waals surface area contributed by atoms with E-state index in [1.807, 2.05) is 0 Å². The average molecular weight is 334 g/mol. The van der Waals surface area contributed by atoms with E-state index in [0.717, 1.165) is 25.7 Å². The lowest BCUT2D eigenvalue weighted by atomic mass is 10.2. The fraction of sp³-hybridized carbons (Fsp3) is 0.444. The van der Waals surface area contributed by atoms with Gasteiger partial charge in [0.25, 0.3) is 5.91 Å². The van der Waals surface area contributed by atoms with Crippen molar-refractivity contribution in [1.29, 1.82) is 0 Å². The van der Waals surface area contributed by atoms with E-state index in [0.29, 0.717) is 23.7 Å². The summed E-state index contributed by atoms with van der Waals surface area (Å²) >= 11 is 0. The maximum absolute atomic E-state index is 11.8. The molecule has 132 valence electrons. The molecule has 1 rings (SSSR count). The van der Waals surface area contributed by atoms with Gasteiger partial charge >= 0.3 is 6.09 Å². The first-order valence-corrected chi connectivity index (χ1v) is 8.14. The molecule has 24 heavy (non-hydrogen) atoms. The zero-order valence-electron chi connectivity index (χ0n) is 14.6. The first-order valence-electron chi connectivity index (χ1n) is 8.14. The van der Waals surface area contributed by atoms with Crippen LogP contribution >= 0.6 is 0 Å². The van der Waals surface area contributed by atoms with E-state index in [1.165, 1.54) is 13.2 Å². The van der Waals surface area contributed by atoms with Crippen LogP contribution in [0.5, 0.6) is 5.75 Å². The number of ether oxygens (including phenoxy) is 2. The van der Waals surface area contributed by atoms with Crippen molar-refractivity contribution < 1.29 is 19.1 Å². The Morgan fingerprint density at radius 3 is 2.71 bits per heavy atom. The number of hydrogen-bond donors (Lipinski definition) is 2. The van der Waals surface area contributed by atoms with Crippen LogP contribution in [0.25, 0.3) is 0 Å². The maximum atomic E-state index is 11.8. The van der Waals surface area contributed by atoms with Crippen LogP contribution in [0.2, 0.25) is 0 Å². The Kier molecular flexibility index (Phi) is 9.04. The number of carbonyl (C=O) groups excluding carboxylic acids is 2. The number of methoxy groups -OCH3 is 1. The highest BCUT2D eigenvalue weighted by Gasteiger charge is 2.06. The van der Waals surface area contributed by atoms with E-state index >= 15 is 0 Å². The first kappa shape index (κ1) is 19.5. The molecule has 2 amide bonds. The third-order valence-corrected chi connectivity index (χ3v) is 3.27. The summed E-state index contributed by atoms with van der Waals surface area (Å²) in [5.74, 6) is 0.556. The average Bonchev–Trinajstić information content (AvgIpc) is 2.54. The van der Waals surface area contributed by atoms with Gasteiger partial charge in [0, 0.05) is 24.4 Å². The summed E-state index contributed by atoms with van der Waals surface area (Å²) in [6, 6.07) is 6.66. The molecule has 2 N–H and O–H groups in total. The number of benzene rings is 1. The minimum absolute atomic E-state index is 0.313. The number of carbonyl (C=O) groups is 2. The Hall–Kier alpha value is -2.50. The van der Waals surface area contributed by atoms with Crippen LogP contribution in [0.4, 0.5) is 10.5 Å². The van der Waals surface area contributed by atoms with Crippen molar-refractivity contribution in [2.75, 3.05) is 19.0 Å². The van der Waals surface area contributed by atoms with Gasteiger partial charge in [-0.25, -0.2) is 4.79 Å². The van der Waals surface area contributed by atoms with Crippen LogP contribution in [0, 0.1) is 0 Å². The van der Waals surface area contributed by atoms with E-state index < -0.39 is 6.09 Å². The Morgan fingerprint density at radius 1 is 1.21 bits per heavy atom. The molecule has 0 aliphatic carbocycles. The molecule has 0 heterocycles. The molecule has 0 unspecified atom stereocenters. The normalized spacial score (nSPS) is 10.9. The number of rotatable bonds is 9. The minimum atomic E-state index is -0.495. The molecule has 1 aromatic rings. The van der Waals surface area contributed by atoms with Gasteiger partial charge in [-0.3, -0.25) is 4.79 Å². The summed E-state index contributed by atoms with van der Waals surface area (Å²) in [6.07, 6.45) is 5.19. The van der Waals surface area contributed by atoms with E-state index in [9.17, 15) is 9.59 Å². The standard InChI is InChI=1S/C18H26N2O4/c1-4-5-6-7-11-19-18(22)24-16-10-8-9-15(13-16)20-17(21)12-14(2)23-3/h8-10,12-13H,4-7,11H2,1-3H3,(H,19,22)(H,20,21)/b14-12-. The number of nitrogens with one attached hydrogen (secondary N) is 2. The Morgan fingerprint density at radius 2 is 2.00 bits per heavy atom. The predicted octanol–water partition coefficient (Wildman–Crippen LogP) is 3.84. The Labute approximate surface area is 143 Å². The summed E-state index contributed by atoms with van der Waals surface area (Å²) in [5, 5.41) is 5.39. The third kappa shape index (κ3) is 8.22. The van der Waals surface area contributed by atoms with Gasteiger partial charge in [-0.2, -0.15) is 0 Å². The highest BCUT2D eigenvalue weighted by atomic mass is 16.6. The zero-order valence-corrected chi connectivity index (χ0v) is 14.6. The quantitative estimate of drug-likeness (QED) is 0.409. The number of hydrogen-bond acceptors (Lipinski definition) is 4. The minimum Gasteiger partial charge on any atom is -0.501 e. The zero-order chi connectivity index (χ0) is 17.8. The lowest BCUT2D eigenvalue weighted by Crippen LogP contribution is -2.27. The number of anilines is 1. The Balaban J connectivity index is 2.47. The molecule has 6 nitrogen and oxygen atoms in total. The topological polar surface area (TPSA) is 76.7 Å². The van der Waals surface area contributed by atoms with Gasteiger partial charge in [0.05, 0.1) is 12.9 Å². The van der Waals surface area contributed by atoms with Crippen molar-refractivity contribution in [3.63, 3.8) is 0 Å². The van der Waals surface area contributed by atoms with E-state index in [4.69, 9.17) is 9.47 Å². The van der Waals surface area contributed by atoms with Crippen LogP contribution in [0.1, 0.15) is 39.5 Å². The Bertz CT molecular complexity index is 570. The van der Waals surface area contributed by atoms with Crippen LogP contribution in [-0.4, -0.2) is 25.7 Å². The van der Waals surface area contributed by atoms with Crippen LogP contribution in [0.15, 0.2) is 36.1 Å². The fourth-order valence-electron chi connectivity index (χ4n) is 1.94. The lowest BCUT2D eigenvalue weighted by molar-refractivity contribution is -0.112. The van der Waals surface area contributed by atoms with Crippen molar-refractivity contribution in [3.05, 3.63) is 36.1 Å². The van der Waals surface area contributed by atoms with Crippen molar-refractivity contribution in [1.82, 2.24) is 5.32 Å². The van der Waals surface area contributed by atoms with Crippen molar-refractivity contribution in [2.45, 2.75) is 39.5 Å². The van der Waals surface area contributed by atoms with Gasteiger partial charge in [-0.05, 0) is 25.5 Å². The van der Waals surface area contributed by atoms with E-state index in [1.54, 1.807) is 31.2 Å². The van der Waals surface area contributed by atoms with Gasteiger partial charge in [-0.15, -0.1) is 0 Å². The highest BCUT2D eigenvalue weighted by Crippen LogP contribution is 2.17. The molecular formula is C18H26N2O4. The molecule has 0 spiro atoms. The fourth-order valence-corrected chi connectivity index (χ4v) is 1.94. The van der Waals surface area contributed by atoms with Crippen molar-refractivity contribution >= 4 is 17.7 Å². The van der Waals surface area contributed by atoms with E-state index in [-0.39, 0.29) is 5.91 Å². The SMILES string of the molecule is CCCCCCNC(=O)Oc1cccc(NC(=O)/C=C(/C)OC)c1. The summed E-state index contributed by atoms with van der Waals surface area (Å²) in [4.78, 5) is 23.5. The lowest BCUT2D eigenvalue weighted by Gasteiger charge is -2.08. The second-order valence-corrected chi connectivity index (χ2v) is 5.35. The summed E-state index contributed by atoms with van der Waals surface area (Å²) in [5.41, 5.74) is 0.536. The van der Waals surface area contributed by atoms with Gasteiger partial charge in [0.15, 0.2) is 0 Å². The molecule has 0 atom stereocenters.